The predicted molar refractivity (Wildman–Crippen MR) is 116 cm³/mol. The molecule has 0 spiro atoms. The molecule has 3 nitrogen and oxygen atoms in total. The van der Waals surface area contributed by atoms with Crippen LogP contribution >= 0.6 is 0 Å². The number of nitrogens with one attached hydrogen (secondary N) is 1. The van der Waals surface area contributed by atoms with Crippen molar-refractivity contribution in [2.24, 2.45) is 0 Å². The van der Waals surface area contributed by atoms with Gasteiger partial charge in [-0.2, -0.15) is 0 Å². The molecule has 0 radical (unpaired) electrons. The minimum atomic E-state index is -3.34. The summed E-state index contributed by atoms with van der Waals surface area (Å²) >= 11 is 0. The van der Waals surface area contributed by atoms with Crippen LogP contribution in [0.3, 0.4) is 0 Å². The Balaban J connectivity index is 2.24. The Morgan fingerprint density at radius 3 is 1.89 bits per heavy atom. The fourth-order valence-electron chi connectivity index (χ4n) is 3.43. The van der Waals surface area contributed by atoms with Crippen LogP contribution in [0.5, 0.6) is 0 Å². The molecule has 0 aromatic heterocycles. The van der Waals surface area contributed by atoms with Crippen molar-refractivity contribution in [3.63, 3.8) is 0 Å². The van der Waals surface area contributed by atoms with Crippen LogP contribution in [0, 0.1) is 0 Å². The van der Waals surface area contributed by atoms with Gasteiger partial charge in [0.15, 0.2) is 9.84 Å². The average molecular weight is 394 g/mol. The molecule has 3 aromatic carbocycles. The highest BCUT2D eigenvalue weighted by Crippen LogP contribution is 2.36. The Morgan fingerprint density at radius 2 is 1.29 bits per heavy atom. The highest BCUT2D eigenvalue weighted by atomic mass is 32.2. The molecule has 0 aliphatic heterocycles. The van der Waals surface area contributed by atoms with Gasteiger partial charge in [-0.15, -0.1) is 0 Å². The van der Waals surface area contributed by atoms with E-state index in [-0.39, 0.29) is 11.6 Å². The molecule has 0 fully saturated rings. The SMILES string of the molecule is CC(C)(C)NC(c1ccccc1)c1ccccc1-c1ccccc1S(C)(=O)=O. The Bertz CT molecular complexity index is 1050. The molecule has 0 amide bonds. The summed E-state index contributed by atoms with van der Waals surface area (Å²) < 4.78 is 24.8. The van der Waals surface area contributed by atoms with Gasteiger partial charge in [-0.1, -0.05) is 72.8 Å². The summed E-state index contributed by atoms with van der Waals surface area (Å²) in [6, 6.07) is 25.4. The van der Waals surface area contributed by atoms with Crippen LogP contribution < -0.4 is 5.32 Å². The molecular formula is C24H27NO2S. The molecule has 3 aromatic rings. The zero-order chi connectivity index (χ0) is 20.4. The van der Waals surface area contributed by atoms with Gasteiger partial charge in [0.1, 0.15) is 0 Å². The van der Waals surface area contributed by atoms with Gasteiger partial charge in [-0.05, 0) is 43.5 Å². The number of rotatable bonds is 5. The van der Waals surface area contributed by atoms with Gasteiger partial charge < -0.3 is 5.32 Å². The molecule has 0 aliphatic carbocycles. The van der Waals surface area contributed by atoms with E-state index in [0.717, 1.165) is 22.3 Å². The van der Waals surface area contributed by atoms with Crippen LogP contribution in [0.15, 0.2) is 83.8 Å². The Labute approximate surface area is 168 Å². The van der Waals surface area contributed by atoms with E-state index in [4.69, 9.17) is 0 Å². The van der Waals surface area contributed by atoms with Crippen molar-refractivity contribution in [2.75, 3.05) is 6.26 Å². The highest BCUT2D eigenvalue weighted by Gasteiger charge is 2.24. The van der Waals surface area contributed by atoms with E-state index in [1.807, 2.05) is 48.5 Å². The zero-order valence-electron chi connectivity index (χ0n) is 16.8. The van der Waals surface area contributed by atoms with Crippen molar-refractivity contribution in [1.82, 2.24) is 5.32 Å². The molecular weight excluding hydrogens is 366 g/mol. The maximum absolute atomic E-state index is 12.4. The smallest absolute Gasteiger partial charge is 0.176 e. The van der Waals surface area contributed by atoms with Crippen molar-refractivity contribution < 1.29 is 8.42 Å². The first-order valence-electron chi connectivity index (χ1n) is 9.38. The molecule has 3 rings (SSSR count). The Morgan fingerprint density at radius 1 is 0.750 bits per heavy atom. The summed E-state index contributed by atoms with van der Waals surface area (Å²) in [6.45, 7) is 6.40. The first-order chi connectivity index (χ1) is 13.2. The topological polar surface area (TPSA) is 46.2 Å². The molecule has 28 heavy (non-hydrogen) atoms. The average Bonchev–Trinajstić information content (AvgIpc) is 2.65. The van der Waals surface area contributed by atoms with Crippen LogP contribution in [0.2, 0.25) is 0 Å². The van der Waals surface area contributed by atoms with Gasteiger partial charge in [0.2, 0.25) is 0 Å². The van der Waals surface area contributed by atoms with Crippen LogP contribution in [0.25, 0.3) is 11.1 Å². The lowest BCUT2D eigenvalue weighted by molar-refractivity contribution is 0.391. The fourth-order valence-corrected chi connectivity index (χ4v) is 4.33. The van der Waals surface area contributed by atoms with Gasteiger partial charge in [-0.25, -0.2) is 8.42 Å². The number of sulfone groups is 1. The van der Waals surface area contributed by atoms with Crippen LogP contribution in [-0.2, 0) is 9.84 Å². The lowest BCUT2D eigenvalue weighted by atomic mass is 9.89. The van der Waals surface area contributed by atoms with Gasteiger partial charge in [0.25, 0.3) is 0 Å². The van der Waals surface area contributed by atoms with Crippen LogP contribution in [0.1, 0.15) is 37.9 Å². The van der Waals surface area contributed by atoms with Crippen molar-refractivity contribution in [2.45, 2.75) is 37.2 Å². The Hall–Kier alpha value is -2.43. The molecule has 0 aliphatic rings. The minimum Gasteiger partial charge on any atom is -0.301 e. The number of benzene rings is 3. The molecule has 4 heteroatoms. The zero-order valence-corrected chi connectivity index (χ0v) is 17.6. The summed E-state index contributed by atoms with van der Waals surface area (Å²) in [7, 11) is -3.34. The maximum atomic E-state index is 12.4. The third-order valence-electron chi connectivity index (χ3n) is 4.56. The minimum absolute atomic E-state index is 0.0648. The van der Waals surface area contributed by atoms with Crippen molar-refractivity contribution in [3.8, 4) is 11.1 Å². The van der Waals surface area contributed by atoms with E-state index in [0.29, 0.717) is 4.90 Å². The van der Waals surface area contributed by atoms with E-state index in [1.54, 1.807) is 12.1 Å². The summed E-state index contributed by atoms with van der Waals surface area (Å²) in [5.74, 6) is 0. The Kier molecular flexibility index (Phi) is 5.73. The highest BCUT2D eigenvalue weighted by molar-refractivity contribution is 7.90. The fraction of sp³-hybridized carbons (Fsp3) is 0.250. The molecule has 0 saturated carbocycles. The van der Waals surface area contributed by atoms with E-state index >= 15 is 0 Å². The van der Waals surface area contributed by atoms with E-state index in [2.05, 4.69) is 44.3 Å². The quantitative estimate of drug-likeness (QED) is 0.645. The second-order valence-corrected chi connectivity index (χ2v) is 10.1. The second-order valence-electron chi connectivity index (χ2n) is 8.09. The summed E-state index contributed by atoms with van der Waals surface area (Å²) in [6.07, 6.45) is 1.26. The molecule has 1 unspecified atom stereocenters. The number of hydrogen-bond acceptors (Lipinski definition) is 3. The number of hydrogen-bond donors (Lipinski definition) is 1. The summed E-state index contributed by atoms with van der Waals surface area (Å²) in [4.78, 5) is 0.352. The van der Waals surface area contributed by atoms with Crippen molar-refractivity contribution in [1.29, 1.82) is 0 Å². The first kappa shape index (κ1) is 20.3. The molecule has 1 atom stereocenters. The third-order valence-corrected chi connectivity index (χ3v) is 5.71. The third kappa shape index (κ3) is 4.70. The maximum Gasteiger partial charge on any atom is 0.176 e. The molecule has 0 bridgehead atoms. The summed E-state index contributed by atoms with van der Waals surface area (Å²) in [5, 5.41) is 3.71. The van der Waals surface area contributed by atoms with Gasteiger partial charge in [0.05, 0.1) is 10.9 Å². The molecule has 0 heterocycles. The lowest BCUT2D eigenvalue weighted by Crippen LogP contribution is -2.39. The molecule has 0 saturated heterocycles. The predicted octanol–water partition coefficient (Wildman–Crippen LogP) is 5.23. The van der Waals surface area contributed by atoms with E-state index in [9.17, 15) is 8.42 Å². The largest absolute Gasteiger partial charge is 0.301 e. The monoisotopic (exact) mass is 393 g/mol. The lowest BCUT2D eigenvalue weighted by Gasteiger charge is -2.31. The van der Waals surface area contributed by atoms with E-state index in [1.165, 1.54) is 6.26 Å². The first-order valence-corrected chi connectivity index (χ1v) is 11.3. The van der Waals surface area contributed by atoms with Crippen LogP contribution in [-0.4, -0.2) is 20.2 Å². The normalized spacial score (nSPS) is 13.3. The second kappa shape index (κ2) is 7.90. The molecule has 146 valence electrons. The van der Waals surface area contributed by atoms with Gasteiger partial charge >= 0.3 is 0 Å². The van der Waals surface area contributed by atoms with Gasteiger partial charge in [0, 0.05) is 17.4 Å². The van der Waals surface area contributed by atoms with Crippen molar-refractivity contribution >= 4 is 9.84 Å². The van der Waals surface area contributed by atoms with Crippen molar-refractivity contribution in [3.05, 3.63) is 90.0 Å². The molecule has 1 N–H and O–H groups in total. The summed E-state index contributed by atoms with van der Waals surface area (Å²) in [5.41, 5.74) is 3.73. The van der Waals surface area contributed by atoms with E-state index < -0.39 is 9.84 Å². The van der Waals surface area contributed by atoms with Crippen LogP contribution in [0.4, 0.5) is 0 Å². The standard InChI is InChI=1S/C24H27NO2S/c1-24(2,3)25-23(18-12-6-5-7-13-18)21-16-9-8-14-19(21)20-15-10-11-17-22(20)28(4,26)27/h5-17,23,25H,1-4H3. The van der Waals surface area contributed by atoms with Gasteiger partial charge in [-0.3, -0.25) is 0 Å².